The fourth-order valence-corrected chi connectivity index (χ4v) is 2.56. The maximum Gasteiger partial charge on any atom is 0.239 e. The van der Waals surface area contributed by atoms with Crippen LogP contribution in [0.4, 0.5) is 5.82 Å². The van der Waals surface area contributed by atoms with Gasteiger partial charge in [0.2, 0.25) is 11.8 Å². The SMILES string of the molecule is Cc1ccc(C[C@H]2CC(=O)N(c3cc(C)on3)C2=O)cc1. The zero-order valence-corrected chi connectivity index (χ0v) is 12.0. The van der Waals surface area contributed by atoms with Crippen LogP contribution in [-0.2, 0) is 16.0 Å². The number of rotatable bonds is 3. The number of amides is 2. The molecule has 1 fully saturated rings. The van der Waals surface area contributed by atoms with E-state index in [0.29, 0.717) is 12.2 Å². The minimum Gasteiger partial charge on any atom is -0.360 e. The molecule has 0 N–H and O–H groups in total. The van der Waals surface area contributed by atoms with Gasteiger partial charge < -0.3 is 4.52 Å². The highest BCUT2D eigenvalue weighted by atomic mass is 16.5. The van der Waals surface area contributed by atoms with Gasteiger partial charge in [-0.3, -0.25) is 9.59 Å². The van der Waals surface area contributed by atoms with Gasteiger partial charge in [0.1, 0.15) is 5.76 Å². The van der Waals surface area contributed by atoms with E-state index in [1.807, 2.05) is 31.2 Å². The maximum absolute atomic E-state index is 12.4. The molecular formula is C16H16N2O3. The summed E-state index contributed by atoms with van der Waals surface area (Å²) in [5.74, 6) is 0.123. The third-order valence-corrected chi connectivity index (χ3v) is 3.69. The molecule has 0 aliphatic carbocycles. The quantitative estimate of drug-likeness (QED) is 0.812. The lowest BCUT2D eigenvalue weighted by Crippen LogP contribution is -2.31. The number of carbonyl (C=O) groups excluding carboxylic acids is 2. The van der Waals surface area contributed by atoms with Gasteiger partial charge in [0.15, 0.2) is 5.82 Å². The Hall–Kier alpha value is -2.43. The summed E-state index contributed by atoms with van der Waals surface area (Å²) in [6.45, 7) is 3.74. The van der Waals surface area contributed by atoms with Crippen molar-refractivity contribution in [1.82, 2.24) is 5.16 Å². The van der Waals surface area contributed by atoms with Gasteiger partial charge in [-0.2, -0.15) is 0 Å². The van der Waals surface area contributed by atoms with Crippen LogP contribution in [0.1, 0.15) is 23.3 Å². The fourth-order valence-electron chi connectivity index (χ4n) is 2.56. The van der Waals surface area contributed by atoms with Crippen molar-refractivity contribution >= 4 is 17.6 Å². The predicted molar refractivity (Wildman–Crippen MR) is 76.7 cm³/mol. The van der Waals surface area contributed by atoms with E-state index in [0.717, 1.165) is 10.5 Å². The molecule has 3 rings (SSSR count). The van der Waals surface area contributed by atoms with Gasteiger partial charge in [0.25, 0.3) is 0 Å². The molecule has 2 heterocycles. The Labute approximate surface area is 122 Å². The minimum absolute atomic E-state index is 0.200. The maximum atomic E-state index is 12.4. The smallest absolute Gasteiger partial charge is 0.239 e. The summed E-state index contributed by atoms with van der Waals surface area (Å²) in [7, 11) is 0. The fraction of sp³-hybridized carbons (Fsp3) is 0.312. The molecule has 1 aliphatic heterocycles. The first-order valence-electron chi connectivity index (χ1n) is 6.90. The van der Waals surface area contributed by atoms with Crippen molar-refractivity contribution in [3.8, 4) is 0 Å². The van der Waals surface area contributed by atoms with Gasteiger partial charge in [0.05, 0.1) is 5.92 Å². The van der Waals surface area contributed by atoms with Crippen LogP contribution in [0.5, 0.6) is 0 Å². The highest BCUT2D eigenvalue weighted by molar-refractivity contribution is 6.20. The summed E-state index contributed by atoms with van der Waals surface area (Å²) in [5, 5.41) is 3.76. The minimum atomic E-state index is -0.322. The molecule has 0 spiro atoms. The second-order valence-corrected chi connectivity index (χ2v) is 5.45. The lowest BCUT2D eigenvalue weighted by molar-refractivity contribution is -0.122. The van der Waals surface area contributed by atoms with Crippen LogP contribution in [0.15, 0.2) is 34.9 Å². The molecule has 5 nitrogen and oxygen atoms in total. The molecule has 0 bridgehead atoms. The van der Waals surface area contributed by atoms with Crippen LogP contribution in [0.3, 0.4) is 0 Å². The van der Waals surface area contributed by atoms with Crippen molar-refractivity contribution in [1.29, 1.82) is 0 Å². The first-order valence-corrected chi connectivity index (χ1v) is 6.90. The summed E-state index contributed by atoms with van der Waals surface area (Å²) < 4.78 is 4.94. The summed E-state index contributed by atoms with van der Waals surface area (Å²) in [4.78, 5) is 25.6. The average Bonchev–Trinajstić information content (AvgIpc) is 2.97. The topological polar surface area (TPSA) is 63.4 Å². The molecule has 5 heteroatoms. The van der Waals surface area contributed by atoms with Crippen LogP contribution in [-0.4, -0.2) is 17.0 Å². The van der Waals surface area contributed by atoms with Crippen LogP contribution in [0, 0.1) is 19.8 Å². The van der Waals surface area contributed by atoms with Gasteiger partial charge in [-0.15, -0.1) is 0 Å². The van der Waals surface area contributed by atoms with Crippen LogP contribution >= 0.6 is 0 Å². The number of carbonyl (C=O) groups is 2. The van der Waals surface area contributed by atoms with E-state index < -0.39 is 0 Å². The Balaban J connectivity index is 1.78. The summed E-state index contributed by atoms with van der Waals surface area (Å²) >= 11 is 0. The molecule has 0 unspecified atom stereocenters. The van der Waals surface area contributed by atoms with Gasteiger partial charge >= 0.3 is 0 Å². The van der Waals surface area contributed by atoms with E-state index in [-0.39, 0.29) is 30.0 Å². The van der Waals surface area contributed by atoms with Crippen molar-refractivity contribution < 1.29 is 14.1 Å². The monoisotopic (exact) mass is 284 g/mol. The highest BCUT2D eigenvalue weighted by Crippen LogP contribution is 2.28. The van der Waals surface area contributed by atoms with E-state index in [1.165, 1.54) is 5.56 Å². The van der Waals surface area contributed by atoms with Crippen molar-refractivity contribution in [2.45, 2.75) is 26.7 Å². The van der Waals surface area contributed by atoms with Crippen molar-refractivity contribution in [2.75, 3.05) is 4.90 Å². The normalized spacial score (nSPS) is 18.6. The molecule has 21 heavy (non-hydrogen) atoms. The molecule has 2 aromatic rings. The second kappa shape index (κ2) is 5.16. The zero-order chi connectivity index (χ0) is 15.0. The van der Waals surface area contributed by atoms with E-state index in [9.17, 15) is 9.59 Å². The Bertz CT molecular complexity index is 688. The van der Waals surface area contributed by atoms with Gasteiger partial charge in [0, 0.05) is 12.5 Å². The molecule has 1 aromatic carbocycles. The predicted octanol–water partition coefficient (Wildman–Crippen LogP) is 2.41. The standard InChI is InChI=1S/C16H16N2O3/c1-10-3-5-12(6-4-10)8-13-9-15(19)18(16(13)20)14-7-11(2)21-17-14/h3-7,13H,8-9H2,1-2H3/t13-/m0/s1. The van der Waals surface area contributed by atoms with Crippen LogP contribution in [0.25, 0.3) is 0 Å². The van der Waals surface area contributed by atoms with Gasteiger partial charge in [-0.05, 0) is 25.8 Å². The number of benzene rings is 1. The average molecular weight is 284 g/mol. The van der Waals surface area contributed by atoms with E-state index in [2.05, 4.69) is 5.16 Å². The highest BCUT2D eigenvalue weighted by Gasteiger charge is 2.40. The van der Waals surface area contributed by atoms with E-state index >= 15 is 0 Å². The zero-order valence-electron chi connectivity index (χ0n) is 12.0. The Morgan fingerprint density at radius 1 is 1.24 bits per heavy atom. The second-order valence-electron chi connectivity index (χ2n) is 5.45. The number of anilines is 1. The third kappa shape index (κ3) is 2.59. The van der Waals surface area contributed by atoms with E-state index in [4.69, 9.17) is 4.52 Å². The Morgan fingerprint density at radius 2 is 1.95 bits per heavy atom. The first-order chi connectivity index (χ1) is 10.0. The number of imide groups is 1. The Morgan fingerprint density at radius 3 is 2.57 bits per heavy atom. The molecule has 1 aromatic heterocycles. The lowest BCUT2D eigenvalue weighted by Gasteiger charge is -2.11. The van der Waals surface area contributed by atoms with Crippen LogP contribution < -0.4 is 4.90 Å². The molecule has 1 aliphatic rings. The summed E-state index contributed by atoms with van der Waals surface area (Å²) in [6.07, 6.45) is 0.788. The third-order valence-electron chi connectivity index (χ3n) is 3.69. The Kier molecular flexibility index (Phi) is 3.33. The van der Waals surface area contributed by atoms with E-state index in [1.54, 1.807) is 13.0 Å². The van der Waals surface area contributed by atoms with Crippen molar-refractivity contribution in [3.63, 3.8) is 0 Å². The van der Waals surface area contributed by atoms with Crippen LogP contribution in [0.2, 0.25) is 0 Å². The van der Waals surface area contributed by atoms with Gasteiger partial charge in [-0.25, -0.2) is 4.90 Å². The number of hydrogen-bond donors (Lipinski definition) is 0. The molecule has 1 atom stereocenters. The largest absolute Gasteiger partial charge is 0.360 e. The molecule has 1 saturated heterocycles. The summed E-state index contributed by atoms with van der Waals surface area (Å²) in [6, 6.07) is 9.61. The van der Waals surface area contributed by atoms with Crippen molar-refractivity contribution in [2.24, 2.45) is 5.92 Å². The first kappa shape index (κ1) is 13.5. The lowest BCUT2D eigenvalue weighted by atomic mass is 9.97. The number of hydrogen-bond acceptors (Lipinski definition) is 4. The molecule has 0 radical (unpaired) electrons. The molecule has 0 saturated carbocycles. The van der Waals surface area contributed by atoms with Gasteiger partial charge in [-0.1, -0.05) is 35.0 Å². The van der Waals surface area contributed by atoms with Crippen molar-refractivity contribution in [3.05, 3.63) is 47.2 Å². The number of nitrogens with zero attached hydrogens (tertiary/aromatic N) is 2. The number of aryl methyl sites for hydroxylation is 2. The summed E-state index contributed by atoms with van der Waals surface area (Å²) in [5.41, 5.74) is 2.23. The number of aromatic nitrogens is 1. The molecular weight excluding hydrogens is 268 g/mol. The molecule has 108 valence electrons. The molecule has 2 amide bonds.